The quantitative estimate of drug-likeness (QED) is 0.883. The molecule has 24 heavy (non-hydrogen) atoms. The maximum Gasteiger partial charge on any atom is 0.138 e. The average molecular weight is 348 g/mol. The van der Waals surface area contributed by atoms with Crippen molar-refractivity contribution in [2.45, 2.75) is 45.1 Å². The minimum atomic E-state index is 0.164. The minimum absolute atomic E-state index is 0.164. The van der Waals surface area contributed by atoms with Crippen LogP contribution < -0.4 is 10.2 Å². The zero-order valence-electron chi connectivity index (χ0n) is 14.7. The molecule has 2 aromatic heterocycles. The van der Waals surface area contributed by atoms with Crippen molar-refractivity contribution in [1.82, 2.24) is 9.97 Å². The van der Waals surface area contributed by atoms with Crippen molar-refractivity contribution in [2.24, 2.45) is 0 Å². The molecule has 0 radical (unpaired) electrons. The van der Waals surface area contributed by atoms with Gasteiger partial charge in [-0.25, -0.2) is 9.97 Å². The molecule has 0 unspecified atom stereocenters. The fourth-order valence-electron chi connectivity index (χ4n) is 3.95. The molecule has 0 atom stereocenters. The van der Waals surface area contributed by atoms with E-state index < -0.39 is 0 Å². The number of hydrogen-bond donors (Lipinski definition) is 2. The molecule has 1 aliphatic heterocycles. The zero-order chi connectivity index (χ0) is 16.6. The Morgan fingerprint density at radius 2 is 2.00 bits per heavy atom. The molecule has 4 rings (SSSR count). The lowest BCUT2D eigenvalue weighted by molar-refractivity contribution is -0.953. The van der Waals surface area contributed by atoms with E-state index in [2.05, 4.69) is 29.1 Å². The van der Waals surface area contributed by atoms with Gasteiger partial charge < -0.3 is 15.0 Å². The molecule has 0 aromatic carbocycles. The number of morpholine rings is 1. The summed E-state index contributed by atoms with van der Waals surface area (Å²) in [4.78, 5) is 13.4. The molecule has 6 heteroatoms. The minimum Gasteiger partial charge on any atom is -0.370 e. The third-order valence-corrected chi connectivity index (χ3v) is 6.70. The van der Waals surface area contributed by atoms with Gasteiger partial charge in [-0.3, -0.25) is 0 Å². The van der Waals surface area contributed by atoms with E-state index in [0.717, 1.165) is 43.5 Å². The van der Waals surface area contributed by atoms with Gasteiger partial charge in [0.25, 0.3) is 0 Å². The Hall–Kier alpha value is -1.24. The summed E-state index contributed by atoms with van der Waals surface area (Å²) in [6.45, 7) is 9.50. The standard InChI is InChI=1S/C18H26N4OS/c1-18(2,22-7-9-23-10-8-22)11-19-16-15-13-5-3-4-6-14(13)24-17(15)21-12-20-16/h12H,3-11H2,1-2H3,(H,19,20,21)/p+1. The van der Waals surface area contributed by atoms with Gasteiger partial charge in [0.05, 0.1) is 25.1 Å². The fourth-order valence-corrected chi connectivity index (χ4v) is 5.18. The number of hydrogen-bond acceptors (Lipinski definition) is 5. The topological polar surface area (TPSA) is 51.5 Å². The molecular formula is C18H27N4OS+. The first-order valence-electron chi connectivity index (χ1n) is 9.07. The Bertz CT molecular complexity index is 721. The van der Waals surface area contributed by atoms with E-state index in [4.69, 9.17) is 4.74 Å². The lowest BCUT2D eigenvalue weighted by atomic mass is 9.97. The van der Waals surface area contributed by atoms with Gasteiger partial charge >= 0.3 is 0 Å². The second-order valence-electron chi connectivity index (χ2n) is 7.57. The molecule has 5 nitrogen and oxygen atoms in total. The summed E-state index contributed by atoms with van der Waals surface area (Å²) in [5.41, 5.74) is 1.66. The molecule has 2 aliphatic rings. The first-order valence-corrected chi connectivity index (χ1v) is 9.89. The Morgan fingerprint density at radius 1 is 1.21 bits per heavy atom. The van der Waals surface area contributed by atoms with Crippen LogP contribution in [0.25, 0.3) is 10.2 Å². The van der Waals surface area contributed by atoms with Crippen LogP contribution >= 0.6 is 11.3 Å². The summed E-state index contributed by atoms with van der Waals surface area (Å²) >= 11 is 1.86. The monoisotopic (exact) mass is 347 g/mol. The summed E-state index contributed by atoms with van der Waals surface area (Å²) in [6.07, 6.45) is 6.69. The Balaban J connectivity index is 1.57. The molecule has 2 N–H and O–H groups in total. The van der Waals surface area contributed by atoms with E-state index in [1.165, 1.54) is 41.5 Å². The number of anilines is 1. The van der Waals surface area contributed by atoms with Gasteiger partial charge in [-0.05, 0) is 45.1 Å². The van der Waals surface area contributed by atoms with Gasteiger partial charge in [0.2, 0.25) is 0 Å². The molecule has 0 amide bonds. The molecule has 0 saturated carbocycles. The second kappa shape index (κ2) is 6.58. The highest BCUT2D eigenvalue weighted by atomic mass is 32.1. The zero-order valence-corrected chi connectivity index (χ0v) is 15.5. The third-order valence-electron chi connectivity index (χ3n) is 5.50. The van der Waals surface area contributed by atoms with Gasteiger partial charge in [0.1, 0.15) is 35.6 Å². The first-order chi connectivity index (χ1) is 11.6. The summed E-state index contributed by atoms with van der Waals surface area (Å²) < 4.78 is 5.51. The van der Waals surface area contributed by atoms with E-state index >= 15 is 0 Å². The number of nitrogens with zero attached hydrogens (tertiary/aromatic N) is 2. The van der Waals surface area contributed by atoms with Crippen LogP contribution in [0.4, 0.5) is 5.82 Å². The molecule has 2 aromatic rings. The van der Waals surface area contributed by atoms with E-state index in [1.807, 2.05) is 11.3 Å². The smallest absolute Gasteiger partial charge is 0.138 e. The predicted octanol–water partition coefficient (Wildman–Crippen LogP) is 1.68. The molecular weight excluding hydrogens is 320 g/mol. The predicted molar refractivity (Wildman–Crippen MR) is 98.1 cm³/mol. The maximum atomic E-state index is 5.51. The Morgan fingerprint density at radius 3 is 2.83 bits per heavy atom. The largest absolute Gasteiger partial charge is 0.370 e. The highest BCUT2D eigenvalue weighted by Gasteiger charge is 2.32. The Labute approximate surface area is 147 Å². The van der Waals surface area contributed by atoms with E-state index in [0.29, 0.717) is 0 Å². The van der Waals surface area contributed by atoms with Crippen LogP contribution in [0, 0.1) is 0 Å². The number of ether oxygens (including phenoxy) is 1. The van der Waals surface area contributed by atoms with E-state index in [-0.39, 0.29) is 5.54 Å². The summed E-state index contributed by atoms with van der Waals surface area (Å²) in [5.74, 6) is 1.03. The SMILES string of the molecule is CC(C)(CNc1ncnc2sc3c(c12)CCCC3)[NH+]1CCOCC1. The van der Waals surface area contributed by atoms with Gasteiger partial charge in [-0.15, -0.1) is 11.3 Å². The average Bonchev–Trinajstić information content (AvgIpc) is 3.00. The number of aromatic nitrogens is 2. The van der Waals surface area contributed by atoms with Crippen molar-refractivity contribution in [3.05, 3.63) is 16.8 Å². The molecule has 130 valence electrons. The van der Waals surface area contributed by atoms with E-state index in [9.17, 15) is 0 Å². The van der Waals surface area contributed by atoms with Crippen LogP contribution in [0.3, 0.4) is 0 Å². The van der Waals surface area contributed by atoms with Crippen molar-refractivity contribution < 1.29 is 9.64 Å². The molecule has 3 heterocycles. The normalized spacial score (nSPS) is 19.4. The van der Waals surface area contributed by atoms with Crippen molar-refractivity contribution in [2.75, 3.05) is 38.2 Å². The summed E-state index contributed by atoms with van der Waals surface area (Å²) in [5, 5.41) is 4.94. The summed E-state index contributed by atoms with van der Waals surface area (Å²) in [7, 11) is 0. The van der Waals surface area contributed by atoms with Crippen molar-refractivity contribution >= 4 is 27.4 Å². The van der Waals surface area contributed by atoms with Crippen molar-refractivity contribution in [3.8, 4) is 0 Å². The number of quaternary nitrogens is 1. The molecule has 1 saturated heterocycles. The van der Waals surface area contributed by atoms with Crippen LogP contribution in [-0.4, -0.2) is 48.4 Å². The highest BCUT2D eigenvalue weighted by Crippen LogP contribution is 2.38. The van der Waals surface area contributed by atoms with Crippen LogP contribution in [-0.2, 0) is 17.6 Å². The van der Waals surface area contributed by atoms with Crippen molar-refractivity contribution in [1.29, 1.82) is 0 Å². The lowest BCUT2D eigenvalue weighted by Gasteiger charge is -2.37. The van der Waals surface area contributed by atoms with Crippen LogP contribution in [0.5, 0.6) is 0 Å². The van der Waals surface area contributed by atoms with E-state index in [1.54, 1.807) is 11.2 Å². The van der Waals surface area contributed by atoms with Crippen LogP contribution in [0.1, 0.15) is 37.1 Å². The molecule has 0 bridgehead atoms. The third kappa shape index (κ3) is 3.03. The van der Waals surface area contributed by atoms with Gasteiger partial charge in [0, 0.05) is 4.88 Å². The van der Waals surface area contributed by atoms with Gasteiger partial charge in [-0.2, -0.15) is 0 Å². The number of fused-ring (bicyclic) bond motifs is 3. The maximum absolute atomic E-state index is 5.51. The number of nitrogens with one attached hydrogen (secondary N) is 2. The van der Waals surface area contributed by atoms with Crippen LogP contribution in [0.2, 0.25) is 0 Å². The van der Waals surface area contributed by atoms with Crippen LogP contribution in [0.15, 0.2) is 6.33 Å². The molecule has 0 spiro atoms. The number of aryl methyl sites for hydroxylation is 2. The highest BCUT2D eigenvalue weighted by molar-refractivity contribution is 7.19. The first kappa shape index (κ1) is 16.2. The number of thiophene rings is 1. The second-order valence-corrected chi connectivity index (χ2v) is 8.65. The molecule has 1 aliphatic carbocycles. The Kier molecular flexibility index (Phi) is 4.45. The van der Waals surface area contributed by atoms with Crippen molar-refractivity contribution in [3.63, 3.8) is 0 Å². The lowest BCUT2D eigenvalue weighted by Crippen LogP contribution is -3.21. The summed E-state index contributed by atoms with van der Waals surface area (Å²) in [6, 6.07) is 0. The molecule has 1 fully saturated rings. The van der Waals surface area contributed by atoms with Gasteiger partial charge in [0.15, 0.2) is 0 Å². The number of rotatable bonds is 4. The van der Waals surface area contributed by atoms with Gasteiger partial charge in [-0.1, -0.05) is 0 Å². The fraction of sp³-hybridized carbons (Fsp3) is 0.667.